The molecule has 188 valence electrons. The fraction of sp³-hybridized carbons (Fsp3) is 0.542. The van der Waals surface area contributed by atoms with Crippen LogP contribution in [0.5, 0.6) is 5.75 Å². The predicted molar refractivity (Wildman–Crippen MR) is 126 cm³/mol. The molecule has 3 heterocycles. The van der Waals surface area contributed by atoms with E-state index in [1.807, 2.05) is 0 Å². The molecular formula is C24H29F3N6O2. The Morgan fingerprint density at radius 3 is 2.74 bits per heavy atom. The van der Waals surface area contributed by atoms with E-state index in [0.29, 0.717) is 41.1 Å². The van der Waals surface area contributed by atoms with E-state index in [9.17, 15) is 18.0 Å². The molecule has 2 aromatic heterocycles. The van der Waals surface area contributed by atoms with Crippen molar-refractivity contribution in [3.05, 3.63) is 46.0 Å². The van der Waals surface area contributed by atoms with Gasteiger partial charge in [0.25, 0.3) is 0 Å². The summed E-state index contributed by atoms with van der Waals surface area (Å²) < 4.78 is 45.0. The van der Waals surface area contributed by atoms with E-state index in [4.69, 9.17) is 0 Å². The van der Waals surface area contributed by atoms with Crippen LogP contribution in [0.25, 0.3) is 11.2 Å². The van der Waals surface area contributed by atoms with E-state index in [0.717, 1.165) is 50.8 Å². The van der Waals surface area contributed by atoms with Crippen LogP contribution in [0, 0.1) is 5.92 Å². The summed E-state index contributed by atoms with van der Waals surface area (Å²) in [6.45, 7) is 2.49. The maximum absolute atomic E-state index is 13.1. The van der Waals surface area contributed by atoms with Crippen LogP contribution in [-0.4, -0.2) is 45.5 Å². The van der Waals surface area contributed by atoms with E-state index in [-0.39, 0.29) is 12.3 Å². The van der Waals surface area contributed by atoms with Crippen molar-refractivity contribution < 1.29 is 17.9 Å². The molecule has 1 aromatic carbocycles. The lowest BCUT2D eigenvalue weighted by molar-refractivity contribution is -0.274. The van der Waals surface area contributed by atoms with Gasteiger partial charge in [-0.05, 0) is 55.8 Å². The second-order valence-corrected chi connectivity index (χ2v) is 9.44. The van der Waals surface area contributed by atoms with Crippen LogP contribution in [0.4, 0.5) is 19.1 Å². The summed E-state index contributed by atoms with van der Waals surface area (Å²) in [6.07, 6.45) is 3.13. The van der Waals surface area contributed by atoms with E-state index in [2.05, 4.69) is 30.3 Å². The van der Waals surface area contributed by atoms with Crippen molar-refractivity contribution in [1.29, 1.82) is 0 Å². The number of benzene rings is 1. The molecule has 3 aromatic rings. The number of nitrogens with zero attached hydrogens (tertiary/aromatic N) is 3. The maximum atomic E-state index is 13.1. The Bertz CT molecular complexity index is 1230. The molecule has 11 heteroatoms. The number of anilines is 1. The topological polar surface area (TPSA) is 96.9 Å². The third-order valence-electron chi connectivity index (χ3n) is 6.94. The molecule has 2 fully saturated rings. The van der Waals surface area contributed by atoms with Crippen LogP contribution >= 0.6 is 0 Å². The van der Waals surface area contributed by atoms with Crippen LogP contribution in [0.15, 0.2) is 29.2 Å². The highest BCUT2D eigenvalue weighted by Gasteiger charge is 2.32. The Morgan fingerprint density at radius 1 is 1.17 bits per heavy atom. The van der Waals surface area contributed by atoms with Crippen molar-refractivity contribution in [1.82, 2.24) is 24.8 Å². The van der Waals surface area contributed by atoms with Crippen molar-refractivity contribution in [2.75, 3.05) is 25.0 Å². The number of ether oxygens (including phenoxy) is 1. The Morgan fingerprint density at radius 2 is 2.00 bits per heavy atom. The number of aromatic amines is 1. The second-order valence-electron chi connectivity index (χ2n) is 9.44. The van der Waals surface area contributed by atoms with Gasteiger partial charge in [-0.1, -0.05) is 31.4 Å². The van der Waals surface area contributed by atoms with Crippen LogP contribution < -0.4 is 21.1 Å². The normalized spacial score (nSPS) is 19.3. The zero-order valence-electron chi connectivity index (χ0n) is 19.3. The molecule has 0 bridgehead atoms. The van der Waals surface area contributed by atoms with Crippen molar-refractivity contribution in [2.24, 2.45) is 5.92 Å². The zero-order chi connectivity index (χ0) is 24.4. The molecule has 2 aliphatic rings. The number of alkyl halides is 3. The summed E-state index contributed by atoms with van der Waals surface area (Å²) in [7, 11) is 0. The number of fused-ring (bicyclic) bond motifs is 1. The Labute approximate surface area is 200 Å². The summed E-state index contributed by atoms with van der Waals surface area (Å²) in [5.74, 6) is 0.831. The van der Waals surface area contributed by atoms with Crippen LogP contribution in [0.3, 0.4) is 0 Å². The molecule has 0 unspecified atom stereocenters. The highest BCUT2D eigenvalue weighted by Crippen LogP contribution is 2.36. The quantitative estimate of drug-likeness (QED) is 0.461. The first-order valence-corrected chi connectivity index (χ1v) is 12.1. The largest absolute Gasteiger partial charge is 0.573 e. The van der Waals surface area contributed by atoms with Gasteiger partial charge in [-0.3, -0.25) is 4.57 Å². The van der Waals surface area contributed by atoms with Gasteiger partial charge in [0, 0.05) is 12.1 Å². The average Bonchev–Trinajstić information content (AvgIpc) is 3.46. The molecule has 1 saturated heterocycles. The van der Waals surface area contributed by atoms with Gasteiger partial charge >= 0.3 is 12.1 Å². The number of hydrogen-bond donors (Lipinski definition) is 3. The Balaban J connectivity index is 1.46. The molecule has 1 atom stereocenters. The molecule has 1 aliphatic heterocycles. The van der Waals surface area contributed by atoms with Gasteiger partial charge in [0.05, 0.1) is 12.7 Å². The summed E-state index contributed by atoms with van der Waals surface area (Å²) in [4.78, 5) is 24.2. The first-order valence-electron chi connectivity index (χ1n) is 12.1. The fourth-order valence-corrected chi connectivity index (χ4v) is 5.11. The second kappa shape index (κ2) is 9.88. The third-order valence-corrected chi connectivity index (χ3v) is 6.94. The lowest BCUT2D eigenvalue weighted by atomic mass is 9.83. The number of rotatable bonds is 7. The Hall–Kier alpha value is -3.08. The van der Waals surface area contributed by atoms with Crippen molar-refractivity contribution in [3.63, 3.8) is 0 Å². The summed E-state index contributed by atoms with van der Waals surface area (Å²) in [5.41, 5.74) is 1.55. The number of imidazole rings is 1. The minimum atomic E-state index is -4.83. The molecule has 1 aliphatic carbocycles. The lowest BCUT2D eigenvalue weighted by Crippen LogP contribution is -2.22. The van der Waals surface area contributed by atoms with Gasteiger partial charge in [0.1, 0.15) is 11.3 Å². The molecule has 35 heavy (non-hydrogen) atoms. The average molecular weight is 491 g/mol. The van der Waals surface area contributed by atoms with Crippen LogP contribution in [-0.2, 0) is 6.54 Å². The minimum absolute atomic E-state index is 0.103. The predicted octanol–water partition coefficient (Wildman–Crippen LogP) is 4.14. The summed E-state index contributed by atoms with van der Waals surface area (Å²) in [6, 6.07) is 4.82. The van der Waals surface area contributed by atoms with Gasteiger partial charge in [0.2, 0.25) is 5.95 Å². The molecule has 3 N–H and O–H groups in total. The molecule has 0 radical (unpaired) electrons. The SMILES string of the molecule is O=c1[nH]c2cnc(NC[C@@H]3CCNC3)nc2n1Cc1cc(C2CCCCC2)ccc1OC(F)(F)F. The third kappa shape index (κ3) is 5.61. The first kappa shape index (κ1) is 23.7. The van der Waals surface area contributed by atoms with E-state index >= 15 is 0 Å². The summed E-state index contributed by atoms with van der Waals surface area (Å²) in [5, 5.41) is 6.51. The van der Waals surface area contributed by atoms with E-state index in [1.54, 1.807) is 12.1 Å². The molecule has 0 spiro atoms. The first-order chi connectivity index (χ1) is 16.9. The maximum Gasteiger partial charge on any atom is 0.573 e. The molecular weight excluding hydrogens is 461 g/mol. The number of H-pyrrole nitrogens is 1. The monoisotopic (exact) mass is 490 g/mol. The number of halogens is 3. The van der Waals surface area contributed by atoms with Crippen molar-refractivity contribution in [2.45, 2.75) is 57.3 Å². The van der Waals surface area contributed by atoms with Crippen LogP contribution in [0.1, 0.15) is 55.6 Å². The van der Waals surface area contributed by atoms with E-state index in [1.165, 1.54) is 23.3 Å². The molecule has 0 amide bonds. The molecule has 8 nitrogen and oxygen atoms in total. The number of aromatic nitrogens is 4. The molecule has 5 rings (SSSR count). The minimum Gasteiger partial charge on any atom is -0.405 e. The van der Waals surface area contributed by atoms with Crippen molar-refractivity contribution >= 4 is 17.1 Å². The fourth-order valence-electron chi connectivity index (χ4n) is 5.11. The van der Waals surface area contributed by atoms with Gasteiger partial charge in [-0.25, -0.2) is 9.78 Å². The van der Waals surface area contributed by atoms with Gasteiger partial charge in [-0.15, -0.1) is 13.2 Å². The smallest absolute Gasteiger partial charge is 0.405 e. The van der Waals surface area contributed by atoms with Crippen molar-refractivity contribution in [3.8, 4) is 5.75 Å². The van der Waals surface area contributed by atoms with Gasteiger partial charge < -0.3 is 20.4 Å². The van der Waals surface area contributed by atoms with Gasteiger partial charge in [0.15, 0.2) is 5.65 Å². The van der Waals surface area contributed by atoms with Gasteiger partial charge in [-0.2, -0.15) is 4.98 Å². The zero-order valence-corrected chi connectivity index (χ0v) is 19.3. The summed E-state index contributed by atoms with van der Waals surface area (Å²) >= 11 is 0. The van der Waals surface area contributed by atoms with Crippen LogP contribution in [0.2, 0.25) is 0 Å². The standard InChI is InChI=1S/C24H29F3N6O2/c25-24(26,27)35-20-7-6-17(16-4-2-1-3-5-16)10-18(20)14-33-21-19(31-23(33)34)13-30-22(32-21)29-12-15-8-9-28-11-15/h6-7,10,13,15-16,28H,1-5,8-9,11-12,14H2,(H,31,34)(H,29,30,32)/t15-/m1/s1. The highest BCUT2D eigenvalue weighted by molar-refractivity contribution is 5.71. The Kier molecular flexibility index (Phi) is 6.68. The lowest BCUT2D eigenvalue weighted by Gasteiger charge is -2.23. The van der Waals surface area contributed by atoms with E-state index < -0.39 is 12.1 Å². The number of hydrogen-bond acceptors (Lipinski definition) is 6. The highest BCUT2D eigenvalue weighted by atomic mass is 19.4. The molecule has 1 saturated carbocycles. The number of nitrogens with one attached hydrogen (secondary N) is 3.